The summed E-state index contributed by atoms with van der Waals surface area (Å²) in [5.74, 6) is 0.610. The van der Waals surface area contributed by atoms with Gasteiger partial charge in [-0.1, -0.05) is 17.7 Å². The van der Waals surface area contributed by atoms with E-state index < -0.39 is 0 Å². The number of fused-ring (bicyclic) bond motifs is 1. The molecule has 6 nitrogen and oxygen atoms in total. The minimum atomic E-state index is -0.281. The van der Waals surface area contributed by atoms with Crippen molar-refractivity contribution in [2.45, 2.75) is 6.92 Å². The molecule has 0 aliphatic carbocycles. The molecule has 1 fully saturated rings. The number of piperazine rings is 1. The van der Waals surface area contributed by atoms with Crippen LogP contribution >= 0.6 is 11.5 Å². The lowest BCUT2D eigenvalue weighted by molar-refractivity contribution is 0.0746. The van der Waals surface area contributed by atoms with Gasteiger partial charge in [0.1, 0.15) is 28.1 Å². The van der Waals surface area contributed by atoms with Gasteiger partial charge in [0, 0.05) is 37.3 Å². The molecule has 1 aliphatic heterocycles. The van der Waals surface area contributed by atoms with Gasteiger partial charge < -0.3 is 9.80 Å². The van der Waals surface area contributed by atoms with Gasteiger partial charge in [0.05, 0.1) is 0 Å². The summed E-state index contributed by atoms with van der Waals surface area (Å²) in [5.41, 5.74) is 4.18. The van der Waals surface area contributed by atoms with Crippen molar-refractivity contribution < 1.29 is 9.18 Å². The van der Waals surface area contributed by atoms with Gasteiger partial charge in [-0.05, 0) is 54.9 Å². The van der Waals surface area contributed by atoms with Crippen LogP contribution in [0, 0.1) is 12.7 Å². The molecule has 0 atom stereocenters. The minimum Gasteiger partial charge on any atom is -0.352 e. The number of aryl methyl sites for hydroxylation is 1. The van der Waals surface area contributed by atoms with Gasteiger partial charge in [-0.15, -0.1) is 0 Å². The number of anilines is 1. The minimum absolute atomic E-state index is 0.0591. The molecule has 1 amide bonds. The summed E-state index contributed by atoms with van der Waals surface area (Å²) in [6.45, 7) is 4.64. The molecule has 0 radical (unpaired) electrons. The van der Waals surface area contributed by atoms with Gasteiger partial charge in [0.25, 0.3) is 5.91 Å². The van der Waals surface area contributed by atoms with E-state index in [1.807, 2.05) is 36.1 Å². The number of aromatic nitrogens is 3. The Balaban J connectivity index is 1.36. The third-order valence-electron chi connectivity index (χ3n) is 5.52. The molecule has 8 heteroatoms. The second kappa shape index (κ2) is 8.03. The molecule has 4 aromatic rings. The van der Waals surface area contributed by atoms with Crippen LogP contribution in [0.15, 0.2) is 54.9 Å². The number of carbonyl (C=O) groups excluding carboxylic acids is 1. The molecule has 0 unspecified atom stereocenters. The van der Waals surface area contributed by atoms with Gasteiger partial charge in [-0.25, -0.2) is 14.4 Å². The average Bonchev–Trinajstić information content (AvgIpc) is 3.24. The highest BCUT2D eigenvalue weighted by Gasteiger charge is 2.25. The molecular formula is C23H20FN5OS. The molecule has 0 spiro atoms. The van der Waals surface area contributed by atoms with E-state index in [9.17, 15) is 9.18 Å². The Kier molecular flexibility index (Phi) is 5.07. The van der Waals surface area contributed by atoms with Crippen molar-refractivity contribution >= 4 is 33.5 Å². The van der Waals surface area contributed by atoms with Crippen LogP contribution in [0.4, 0.5) is 10.2 Å². The Morgan fingerprint density at radius 2 is 1.68 bits per heavy atom. The van der Waals surface area contributed by atoms with E-state index in [1.54, 1.807) is 18.5 Å². The van der Waals surface area contributed by atoms with Gasteiger partial charge >= 0.3 is 0 Å². The van der Waals surface area contributed by atoms with Crippen LogP contribution in [-0.2, 0) is 0 Å². The Bertz CT molecular complexity index is 1230. The maximum atomic E-state index is 13.3. The number of hydrogen-bond acceptors (Lipinski definition) is 6. The van der Waals surface area contributed by atoms with Gasteiger partial charge in [0.2, 0.25) is 0 Å². The quantitative estimate of drug-likeness (QED) is 0.485. The molecule has 2 aromatic carbocycles. The van der Waals surface area contributed by atoms with Crippen LogP contribution in [0.3, 0.4) is 0 Å². The normalized spacial score (nSPS) is 14.3. The number of halogens is 1. The standard InChI is InChI=1S/C23H20FN5OS/c1-15-2-4-17(5-3-15)23(30)29-12-10-28(11-13-29)22-21-20(25-14-26-22)19(27-31-21)16-6-8-18(24)9-7-16/h2-9,14H,10-13H2,1H3. The summed E-state index contributed by atoms with van der Waals surface area (Å²) >= 11 is 1.35. The Labute approximate surface area is 183 Å². The molecule has 1 aliphatic rings. The number of nitrogens with zero attached hydrogens (tertiary/aromatic N) is 5. The largest absolute Gasteiger partial charge is 0.352 e. The first kappa shape index (κ1) is 19.6. The summed E-state index contributed by atoms with van der Waals surface area (Å²) in [6.07, 6.45) is 1.54. The number of rotatable bonds is 3. The van der Waals surface area contributed by atoms with Crippen LogP contribution < -0.4 is 4.90 Å². The van der Waals surface area contributed by atoms with Crippen molar-refractivity contribution in [2.24, 2.45) is 0 Å². The van der Waals surface area contributed by atoms with E-state index in [1.165, 1.54) is 23.7 Å². The van der Waals surface area contributed by atoms with E-state index in [0.717, 1.165) is 38.4 Å². The zero-order valence-corrected chi connectivity index (χ0v) is 17.8. The first-order valence-electron chi connectivity index (χ1n) is 10.1. The number of amides is 1. The molecule has 3 heterocycles. The predicted octanol–water partition coefficient (Wildman–Crippen LogP) is 4.16. The third-order valence-corrected chi connectivity index (χ3v) is 6.35. The highest BCUT2D eigenvalue weighted by atomic mass is 32.1. The Morgan fingerprint density at radius 3 is 2.39 bits per heavy atom. The molecule has 5 rings (SSSR count). The molecule has 156 valence electrons. The van der Waals surface area contributed by atoms with Crippen molar-refractivity contribution in [1.29, 1.82) is 0 Å². The van der Waals surface area contributed by atoms with Gasteiger partial charge in [0.15, 0.2) is 5.82 Å². The Morgan fingerprint density at radius 1 is 0.968 bits per heavy atom. The van der Waals surface area contributed by atoms with Crippen molar-refractivity contribution in [3.05, 3.63) is 71.8 Å². The molecule has 0 saturated carbocycles. The number of carbonyl (C=O) groups is 1. The van der Waals surface area contributed by atoms with Gasteiger partial charge in [-0.3, -0.25) is 4.79 Å². The third kappa shape index (κ3) is 3.74. The summed E-state index contributed by atoms with van der Waals surface area (Å²) in [5, 5.41) is 0. The maximum absolute atomic E-state index is 13.3. The topological polar surface area (TPSA) is 62.2 Å². The average molecular weight is 434 g/mol. The molecular weight excluding hydrogens is 413 g/mol. The fourth-order valence-corrected chi connectivity index (χ4v) is 4.65. The maximum Gasteiger partial charge on any atom is 0.253 e. The lowest BCUT2D eigenvalue weighted by atomic mass is 10.1. The van der Waals surface area contributed by atoms with Crippen LogP contribution in [0.2, 0.25) is 0 Å². The van der Waals surface area contributed by atoms with E-state index >= 15 is 0 Å². The number of benzene rings is 2. The van der Waals surface area contributed by atoms with Crippen molar-refractivity contribution in [3.8, 4) is 11.3 Å². The predicted molar refractivity (Wildman–Crippen MR) is 120 cm³/mol. The molecule has 1 saturated heterocycles. The highest BCUT2D eigenvalue weighted by molar-refractivity contribution is 7.14. The van der Waals surface area contributed by atoms with Crippen molar-refractivity contribution in [2.75, 3.05) is 31.1 Å². The Hall–Kier alpha value is -3.39. The smallest absolute Gasteiger partial charge is 0.253 e. The fourth-order valence-electron chi connectivity index (χ4n) is 3.77. The van der Waals surface area contributed by atoms with Crippen LogP contribution in [0.1, 0.15) is 15.9 Å². The first-order chi connectivity index (χ1) is 15.1. The zero-order valence-electron chi connectivity index (χ0n) is 17.0. The van der Waals surface area contributed by atoms with E-state index in [-0.39, 0.29) is 11.7 Å². The fraction of sp³-hybridized carbons (Fsp3) is 0.217. The molecule has 0 bridgehead atoms. The molecule has 2 aromatic heterocycles. The van der Waals surface area contributed by atoms with Crippen molar-refractivity contribution in [3.63, 3.8) is 0 Å². The second-order valence-electron chi connectivity index (χ2n) is 7.56. The SMILES string of the molecule is Cc1ccc(C(=O)N2CCN(c3ncnc4c(-c5ccc(F)cc5)nsc34)CC2)cc1. The first-order valence-corrected chi connectivity index (χ1v) is 10.8. The lowest BCUT2D eigenvalue weighted by Crippen LogP contribution is -2.49. The summed E-state index contributed by atoms with van der Waals surface area (Å²) < 4.78 is 18.8. The summed E-state index contributed by atoms with van der Waals surface area (Å²) in [6, 6.07) is 14.0. The summed E-state index contributed by atoms with van der Waals surface area (Å²) in [4.78, 5) is 25.8. The number of hydrogen-bond donors (Lipinski definition) is 0. The van der Waals surface area contributed by atoms with E-state index in [4.69, 9.17) is 0 Å². The van der Waals surface area contributed by atoms with E-state index in [0.29, 0.717) is 26.2 Å². The van der Waals surface area contributed by atoms with Crippen molar-refractivity contribution in [1.82, 2.24) is 19.2 Å². The molecule has 0 N–H and O–H groups in total. The lowest BCUT2D eigenvalue weighted by Gasteiger charge is -2.35. The zero-order chi connectivity index (χ0) is 21.4. The monoisotopic (exact) mass is 433 g/mol. The van der Waals surface area contributed by atoms with Gasteiger partial charge in [-0.2, -0.15) is 4.37 Å². The van der Waals surface area contributed by atoms with E-state index in [2.05, 4.69) is 19.2 Å². The van der Waals surface area contributed by atoms with Crippen LogP contribution in [0.25, 0.3) is 21.5 Å². The summed E-state index contributed by atoms with van der Waals surface area (Å²) in [7, 11) is 0. The molecule has 31 heavy (non-hydrogen) atoms. The van der Waals surface area contributed by atoms with Crippen LogP contribution in [0.5, 0.6) is 0 Å². The highest BCUT2D eigenvalue weighted by Crippen LogP contribution is 2.34. The second-order valence-corrected chi connectivity index (χ2v) is 8.33. The van der Waals surface area contributed by atoms with Crippen LogP contribution in [-0.4, -0.2) is 51.3 Å².